The third kappa shape index (κ3) is 3.14. The molecule has 0 bridgehead atoms. The minimum atomic E-state index is 0.561. The summed E-state index contributed by atoms with van der Waals surface area (Å²) in [6.07, 6.45) is 5.10. The summed E-state index contributed by atoms with van der Waals surface area (Å²) >= 11 is 6.03. The normalized spacial score (nSPS) is 15.0. The number of hydrogen-bond donors (Lipinski definition) is 1. The van der Waals surface area contributed by atoms with Gasteiger partial charge in [0.25, 0.3) is 0 Å². The Hall–Kier alpha value is -0.730. The van der Waals surface area contributed by atoms with Gasteiger partial charge in [-0.3, -0.25) is 0 Å². The van der Waals surface area contributed by atoms with Crippen molar-refractivity contribution in [2.24, 2.45) is 5.73 Å². The van der Waals surface area contributed by atoms with E-state index in [1.54, 1.807) is 0 Å². The molecule has 2 N–H and O–H groups in total. The second kappa shape index (κ2) is 5.74. The molecule has 1 aliphatic carbocycles. The lowest BCUT2D eigenvalue weighted by atomic mass is 10.1. The standard InChI is InChI=1S/C14H21ClN2/c1-2-3-8-17(13-5-6-13)14-7-4-12(15)9-11(14)10-16/h4,7,9,13H,2-3,5-6,8,10,16H2,1H3. The van der Waals surface area contributed by atoms with Crippen LogP contribution in [0.3, 0.4) is 0 Å². The first-order valence-electron chi connectivity index (χ1n) is 6.51. The topological polar surface area (TPSA) is 29.3 Å². The van der Waals surface area contributed by atoms with Crippen molar-refractivity contribution in [3.63, 3.8) is 0 Å². The van der Waals surface area contributed by atoms with Crippen LogP contribution in [0, 0.1) is 0 Å². The summed E-state index contributed by atoms with van der Waals surface area (Å²) in [5.74, 6) is 0. The minimum Gasteiger partial charge on any atom is -0.368 e. The van der Waals surface area contributed by atoms with Crippen LogP contribution in [0.2, 0.25) is 5.02 Å². The lowest BCUT2D eigenvalue weighted by Crippen LogP contribution is -2.28. The van der Waals surface area contributed by atoms with Crippen LogP contribution in [0.25, 0.3) is 0 Å². The molecule has 2 rings (SSSR count). The second-order valence-corrected chi connectivity index (χ2v) is 5.19. The summed E-state index contributed by atoms with van der Waals surface area (Å²) in [7, 11) is 0. The Kier molecular flexibility index (Phi) is 4.30. The molecule has 1 aromatic carbocycles. The van der Waals surface area contributed by atoms with Crippen molar-refractivity contribution in [3.8, 4) is 0 Å². The van der Waals surface area contributed by atoms with Gasteiger partial charge in [0.05, 0.1) is 0 Å². The Morgan fingerprint density at radius 2 is 2.18 bits per heavy atom. The highest BCUT2D eigenvalue weighted by atomic mass is 35.5. The van der Waals surface area contributed by atoms with Gasteiger partial charge in [-0.2, -0.15) is 0 Å². The fourth-order valence-corrected chi connectivity index (χ4v) is 2.41. The fourth-order valence-electron chi connectivity index (χ4n) is 2.21. The molecular formula is C14H21ClN2. The quantitative estimate of drug-likeness (QED) is 0.839. The molecule has 0 aromatic heterocycles. The molecule has 3 heteroatoms. The van der Waals surface area contributed by atoms with E-state index in [1.807, 2.05) is 12.1 Å². The van der Waals surface area contributed by atoms with Crippen LogP contribution in [0.5, 0.6) is 0 Å². The van der Waals surface area contributed by atoms with E-state index in [1.165, 1.54) is 36.9 Å². The predicted octanol–water partition coefficient (Wildman–Crippen LogP) is 3.57. The van der Waals surface area contributed by atoms with Crippen LogP contribution in [0.4, 0.5) is 5.69 Å². The largest absolute Gasteiger partial charge is 0.368 e. The van der Waals surface area contributed by atoms with Crippen LogP contribution < -0.4 is 10.6 Å². The monoisotopic (exact) mass is 252 g/mol. The van der Waals surface area contributed by atoms with E-state index in [4.69, 9.17) is 17.3 Å². The molecule has 1 aliphatic rings. The first-order valence-corrected chi connectivity index (χ1v) is 6.89. The van der Waals surface area contributed by atoms with Gasteiger partial charge in [0.15, 0.2) is 0 Å². The van der Waals surface area contributed by atoms with E-state index >= 15 is 0 Å². The number of rotatable bonds is 6. The number of nitrogens with two attached hydrogens (primary N) is 1. The van der Waals surface area contributed by atoms with Crippen LogP contribution in [0.1, 0.15) is 38.2 Å². The van der Waals surface area contributed by atoms with Crippen molar-refractivity contribution in [1.29, 1.82) is 0 Å². The van der Waals surface area contributed by atoms with E-state index in [2.05, 4.69) is 17.9 Å². The van der Waals surface area contributed by atoms with E-state index < -0.39 is 0 Å². The molecular weight excluding hydrogens is 232 g/mol. The summed E-state index contributed by atoms with van der Waals surface area (Å²) in [4.78, 5) is 2.52. The van der Waals surface area contributed by atoms with Crippen molar-refractivity contribution in [3.05, 3.63) is 28.8 Å². The Morgan fingerprint density at radius 3 is 2.76 bits per heavy atom. The molecule has 17 heavy (non-hydrogen) atoms. The number of unbranched alkanes of at least 4 members (excludes halogenated alkanes) is 1. The number of anilines is 1. The highest BCUT2D eigenvalue weighted by Gasteiger charge is 2.29. The van der Waals surface area contributed by atoms with Crippen molar-refractivity contribution in [2.75, 3.05) is 11.4 Å². The maximum Gasteiger partial charge on any atom is 0.0415 e. The van der Waals surface area contributed by atoms with Crippen molar-refractivity contribution >= 4 is 17.3 Å². The van der Waals surface area contributed by atoms with Gasteiger partial charge in [0, 0.05) is 29.8 Å². The van der Waals surface area contributed by atoms with E-state index in [9.17, 15) is 0 Å². The molecule has 0 saturated heterocycles. The summed E-state index contributed by atoms with van der Waals surface area (Å²) in [5, 5.41) is 0.778. The molecule has 0 radical (unpaired) electrons. The first kappa shape index (κ1) is 12.7. The van der Waals surface area contributed by atoms with E-state index in [-0.39, 0.29) is 0 Å². The molecule has 1 aromatic rings. The Labute approximate surface area is 109 Å². The van der Waals surface area contributed by atoms with Gasteiger partial charge in [0.2, 0.25) is 0 Å². The molecule has 0 unspecified atom stereocenters. The van der Waals surface area contributed by atoms with Gasteiger partial charge in [0.1, 0.15) is 0 Å². The summed E-state index contributed by atoms with van der Waals surface area (Å²) in [6.45, 7) is 3.93. The molecule has 0 atom stereocenters. The molecule has 0 spiro atoms. The van der Waals surface area contributed by atoms with Gasteiger partial charge in [-0.15, -0.1) is 0 Å². The van der Waals surface area contributed by atoms with E-state index in [0.29, 0.717) is 6.54 Å². The first-order chi connectivity index (χ1) is 8.26. The summed E-state index contributed by atoms with van der Waals surface area (Å²) in [5.41, 5.74) is 8.27. The SMILES string of the molecule is CCCCN(c1ccc(Cl)cc1CN)C1CC1. The van der Waals surface area contributed by atoms with Gasteiger partial charge in [-0.05, 0) is 43.0 Å². The Morgan fingerprint density at radius 1 is 1.41 bits per heavy atom. The van der Waals surface area contributed by atoms with Gasteiger partial charge in [-0.25, -0.2) is 0 Å². The average molecular weight is 253 g/mol. The van der Waals surface area contributed by atoms with E-state index in [0.717, 1.165) is 17.6 Å². The number of hydrogen-bond acceptors (Lipinski definition) is 2. The lowest BCUT2D eigenvalue weighted by molar-refractivity contribution is 0.709. The third-order valence-corrected chi connectivity index (χ3v) is 3.55. The maximum absolute atomic E-state index is 6.03. The lowest BCUT2D eigenvalue weighted by Gasteiger charge is -2.27. The van der Waals surface area contributed by atoms with Crippen molar-refractivity contribution in [2.45, 2.75) is 45.2 Å². The maximum atomic E-state index is 6.03. The molecule has 0 heterocycles. The zero-order chi connectivity index (χ0) is 12.3. The molecule has 1 fully saturated rings. The second-order valence-electron chi connectivity index (χ2n) is 4.76. The zero-order valence-electron chi connectivity index (χ0n) is 10.5. The molecule has 1 saturated carbocycles. The molecule has 94 valence electrons. The van der Waals surface area contributed by atoms with Gasteiger partial charge < -0.3 is 10.6 Å². The van der Waals surface area contributed by atoms with Crippen molar-refractivity contribution in [1.82, 2.24) is 0 Å². The summed E-state index contributed by atoms with van der Waals surface area (Å²) in [6, 6.07) is 6.82. The number of nitrogens with zero attached hydrogens (tertiary/aromatic N) is 1. The Bertz CT molecular complexity index is 374. The van der Waals surface area contributed by atoms with Crippen LogP contribution >= 0.6 is 11.6 Å². The van der Waals surface area contributed by atoms with Crippen molar-refractivity contribution < 1.29 is 0 Å². The zero-order valence-corrected chi connectivity index (χ0v) is 11.2. The molecule has 0 amide bonds. The third-order valence-electron chi connectivity index (χ3n) is 3.31. The average Bonchev–Trinajstić information content (AvgIpc) is 3.15. The minimum absolute atomic E-state index is 0.561. The highest BCUT2D eigenvalue weighted by Crippen LogP contribution is 2.34. The smallest absolute Gasteiger partial charge is 0.0415 e. The highest BCUT2D eigenvalue weighted by molar-refractivity contribution is 6.30. The molecule has 0 aliphatic heterocycles. The van der Waals surface area contributed by atoms with Crippen LogP contribution in [-0.4, -0.2) is 12.6 Å². The van der Waals surface area contributed by atoms with Gasteiger partial charge >= 0.3 is 0 Å². The predicted molar refractivity (Wildman–Crippen MR) is 74.6 cm³/mol. The number of halogens is 1. The molecule has 2 nitrogen and oxygen atoms in total. The number of benzene rings is 1. The van der Waals surface area contributed by atoms with Crippen LogP contribution in [0.15, 0.2) is 18.2 Å². The van der Waals surface area contributed by atoms with Gasteiger partial charge in [-0.1, -0.05) is 24.9 Å². The fraction of sp³-hybridized carbons (Fsp3) is 0.571. The van der Waals surface area contributed by atoms with Crippen LogP contribution in [-0.2, 0) is 6.54 Å². The Balaban J connectivity index is 2.21. The summed E-state index contributed by atoms with van der Waals surface area (Å²) < 4.78 is 0.